The Hall–Kier alpha value is -2.06. The van der Waals surface area contributed by atoms with Crippen LogP contribution in [0.3, 0.4) is 0 Å². The fourth-order valence-electron chi connectivity index (χ4n) is 3.48. The number of benzene rings is 1. The summed E-state index contributed by atoms with van der Waals surface area (Å²) < 4.78 is 20.6. The summed E-state index contributed by atoms with van der Waals surface area (Å²) in [5, 5.41) is 12.1. The van der Waals surface area contributed by atoms with Crippen molar-refractivity contribution in [2.75, 3.05) is 37.7 Å². The molecule has 8 heteroatoms. The number of aromatic nitrogens is 4. The Morgan fingerprint density at radius 3 is 2.64 bits per heavy atom. The third kappa shape index (κ3) is 3.96. The van der Waals surface area contributed by atoms with Crippen LogP contribution in [-0.4, -0.2) is 64.0 Å². The molecule has 2 aromatic rings. The van der Waals surface area contributed by atoms with Crippen molar-refractivity contribution >= 4 is 5.69 Å². The number of ether oxygens (including phenoxy) is 1. The van der Waals surface area contributed by atoms with Crippen LogP contribution in [0.2, 0.25) is 0 Å². The highest BCUT2D eigenvalue weighted by Crippen LogP contribution is 2.18. The highest BCUT2D eigenvalue weighted by Gasteiger charge is 2.22. The van der Waals surface area contributed by atoms with Gasteiger partial charge in [-0.15, -0.1) is 5.10 Å². The fourth-order valence-corrected chi connectivity index (χ4v) is 3.48. The minimum Gasteiger partial charge on any atom is -0.376 e. The van der Waals surface area contributed by atoms with Crippen LogP contribution in [0.15, 0.2) is 24.3 Å². The number of anilines is 1. The van der Waals surface area contributed by atoms with E-state index in [4.69, 9.17) is 4.74 Å². The molecule has 0 bridgehead atoms. The molecular weight excluding hydrogens is 323 g/mol. The molecule has 25 heavy (non-hydrogen) atoms. The second-order valence-electron chi connectivity index (χ2n) is 6.65. The Morgan fingerprint density at radius 1 is 1.12 bits per heavy atom. The van der Waals surface area contributed by atoms with Gasteiger partial charge in [-0.25, -0.2) is 9.07 Å². The molecule has 1 unspecified atom stereocenters. The Balaban J connectivity index is 1.31. The van der Waals surface area contributed by atoms with Gasteiger partial charge in [0.2, 0.25) is 0 Å². The topological polar surface area (TPSA) is 59.3 Å². The van der Waals surface area contributed by atoms with Crippen LogP contribution < -0.4 is 4.90 Å². The van der Waals surface area contributed by atoms with Crippen molar-refractivity contribution in [3.63, 3.8) is 0 Å². The van der Waals surface area contributed by atoms with Gasteiger partial charge in [-0.1, -0.05) is 0 Å². The molecule has 2 aliphatic rings. The summed E-state index contributed by atoms with van der Waals surface area (Å²) in [4.78, 5) is 4.64. The zero-order valence-corrected chi connectivity index (χ0v) is 14.2. The fraction of sp³-hybridized carbons (Fsp3) is 0.588. The van der Waals surface area contributed by atoms with E-state index in [9.17, 15) is 4.39 Å². The van der Waals surface area contributed by atoms with Crippen molar-refractivity contribution in [3.8, 4) is 0 Å². The molecule has 2 fully saturated rings. The van der Waals surface area contributed by atoms with Crippen LogP contribution in [0.25, 0.3) is 0 Å². The number of tetrazole rings is 1. The molecule has 0 radical (unpaired) electrons. The zero-order chi connectivity index (χ0) is 17.1. The Morgan fingerprint density at radius 2 is 1.92 bits per heavy atom. The van der Waals surface area contributed by atoms with Gasteiger partial charge >= 0.3 is 0 Å². The summed E-state index contributed by atoms with van der Waals surface area (Å²) >= 11 is 0. The average molecular weight is 346 g/mol. The number of hydrogen-bond acceptors (Lipinski definition) is 6. The van der Waals surface area contributed by atoms with E-state index in [1.807, 2.05) is 16.8 Å². The molecule has 1 atom stereocenters. The second kappa shape index (κ2) is 7.45. The molecule has 0 N–H and O–H groups in total. The zero-order valence-electron chi connectivity index (χ0n) is 14.2. The van der Waals surface area contributed by atoms with E-state index in [-0.39, 0.29) is 11.9 Å². The van der Waals surface area contributed by atoms with Gasteiger partial charge < -0.3 is 9.64 Å². The average Bonchev–Trinajstić information content (AvgIpc) is 3.30. The SMILES string of the molecule is Fc1ccc(N2CCN(Cc3nnnn3CC3CCCO3)CC2)cc1. The van der Waals surface area contributed by atoms with Gasteiger partial charge in [0.05, 0.1) is 19.2 Å². The van der Waals surface area contributed by atoms with Crippen molar-refractivity contribution in [3.05, 3.63) is 35.9 Å². The van der Waals surface area contributed by atoms with Crippen molar-refractivity contribution in [2.45, 2.75) is 32.0 Å². The molecule has 3 heterocycles. The van der Waals surface area contributed by atoms with Crippen LogP contribution >= 0.6 is 0 Å². The van der Waals surface area contributed by atoms with Gasteiger partial charge in [-0.2, -0.15) is 0 Å². The summed E-state index contributed by atoms with van der Waals surface area (Å²) in [6.45, 7) is 6.02. The largest absolute Gasteiger partial charge is 0.376 e. The molecule has 0 aliphatic carbocycles. The first-order valence-electron chi connectivity index (χ1n) is 8.87. The normalized spacial score (nSPS) is 21.8. The van der Waals surface area contributed by atoms with Crippen LogP contribution in [0.1, 0.15) is 18.7 Å². The van der Waals surface area contributed by atoms with Crippen molar-refractivity contribution in [1.82, 2.24) is 25.1 Å². The summed E-state index contributed by atoms with van der Waals surface area (Å²) in [7, 11) is 0. The van der Waals surface area contributed by atoms with E-state index < -0.39 is 0 Å². The molecule has 1 aromatic heterocycles. The second-order valence-corrected chi connectivity index (χ2v) is 6.65. The van der Waals surface area contributed by atoms with Crippen LogP contribution in [-0.2, 0) is 17.8 Å². The molecule has 2 saturated heterocycles. The van der Waals surface area contributed by atoms with E-state index in [0.717, 1.165) is 70.2 Å². The molecule has 0 saturated carbocycles. The lowest BCUT2D eigenvalue weighted by Crippen LogP contribution is -2.46. The van der Waals surface area contributed by atoms with Gasteiger partial charge in [0.1, 0.15) is 5.82 Å². The van der Waals surface area contributed by atoms with Crippen molar-refractivity contribution < 1.29 is 9.13 Å². The van der Waals surface area contributed by atoms with E-state index in [1.165, 1.54) is 12.1 Å². The monoisotopic (exact) mass is 346 g/mol. The van der Waals surface area contributed by atoms with E-state index >= 15 is 0 Å². The van der Waals surface area contributed by atoms with Crippen LogP contribution in [0, 0.1) is 5.82 Å². The van der Waals surface area contributed by atoms with Gasteiger partial charge in [0, 0.05) is 38.5 Å². The smallest absolute Gasteiger partial charge is 0.165 e. The lowest BCUT2D eigenvalue weighted by molar-refractivity contribution is 0.0916. The van der Waals surface area contributed by atoms with Crippen molar-refractivity contribution in [1.29, 1.82) is 0 Å². The predicted molar refractivity (Wildman–Crippen MR) is 90.7 cm³/mol. The minimum absolute atomic E-state index is 0.194. The van der Waals surface area contributed by atoms with Crippen molar-refractivity contribution in [2.24, 2.45) is 0 Å². The Labute approximate surface area is 146 Å². The number of nitrogens with zero attached hydrogens (tertiary/aromatic N) is 6. The first-order chi connectivity index (χ1) is 12.3. The number of piperazine rings is 1. The molecule has 4 rings (SSSR count). The van der Waals surface area contributed by atoms with Crippen LogP contribution in [0.5, 0.6) is 0 Å². The molecule has 0 amide bonds. The maximum absolute atomic E-state index is 13.1. The third-order valence-corrected chi connectivity index (χ3v) is 4.94. The van der Waals surface area contributed by atoms with Gasteiger partial charge in [0.25, 0.3) is 0 Å². The molecule has 0 spiro atoms. The first-order valence-corrected chi connectivity index (χ1v) is 8.87. The maximum atomic E-state index is 13.1. The predicted octanol–water partition coefficient (Wildman–Crippen LogP) is 1.31. The lowest BCUT2D eigenvalue weighted by Gasteiger charge is -2.35. The summed E-state index contributed by atoms with van der Waals surface area (Å²) in [5.74, 6) is 0.700. The Bertz CT molecular complexity index is 677. The molecule has 134 valence electrons. The molecule has 7 nitrogen and oxygen atoms in total. The Kier molecular flexibility index (Phi) is 4.89. The summed E-state index contributed by atoms with van der Waals surface area (Å²) in [6.07, 6.45) is 2.43. The van der Waals surface area contributed by atoms with Gasteiger partial charge in [0.15, 0.2) is 5.82 Å². The van der Waals surface area contributed by atoms with E-state index in [2.05, 4.69) is 25.3 Å². The minimum atomic E-state index is -0.194. The maximum Gasteiger partial charge on any atom is 0.165 e. The summed E-state index contributed by atoms with van der Waals surface area (Å²) in [6, 6.07) is 6.71. The first kappa shape index (κ1) is 16.4. The van der Waals surface area contributed by atoms with E-state index in [0.29, 0.717) is 0 Å². The third-order valence-electron chi connectivity index (χ3n) is 4.94. The highest BCUT2D eigenvalue weighted by atomic mass is 19.1. The summed E-state index contributed by atoms with van der Waals surface area (Å²) in [5.41, 5.74) is 1.07. The molecule has 2 aliphatic heterocycles. The number of hydrogen-bond donors (Lipinski definition) is 0. The lowest BCUT2D eigenvalue weighted by atomic mass is 10.2. The number of rotatable bonds is 5. The number of halogens is 1. The quantitative estimate of drug-likeness (QED) is 0.814. The van der Waals surface area contributed by atoms with Crippen LogP contribution in [0.4, 0.5) is 10.1 Å². The standard InChI is InChI=1S/C17H23FN6O/c18-14-3-5-15(6-4-14)23-9-7-22(8-10-23)13-17-19-20-21-24(17)12-16-2-1-11-25-16/h3-6,16H,1-2,7-13H2. The van der Waals surface area contributed by atoms with E-state index in [1.54, 1.807) is 0 Å². The highest BCUT2D eigenvalue weighted by molar-refractivity contribution is 5.46. The molecular formula is C17H23FN6O. The van der Waals surface area contributed by atoms with Gasteiger partial charge in [-0.3, -0.25) is 4.90 Å². The van der Waals surface area contributed by atoms with Gasteiger partial charge in [-0.05, 0) is 47.5 Å². The molecule has 1 aromatic carbocycles.